The quantitative estimate of drug-likeness (QED) is 0.246. The molecule has 6 aromatic rings. The van der Waals surface area contributed by atoms with Crippen molar-refractivity contribution in [3.8, 4) is 22.3 Å². The van der Waals surface area contributed by atoms with E-state index in [0.717, 1.165) is 0 Å². The first-order valence-electron chi connectivity index (χ1n) is 11.0. The molecule has 0 spiro atoms. The van der Waals surface area contributed by atoms with Crippen LogP contribution in [-0.4, -0.2) is 0 Å². The zero-order valence-electron chi connectivity index (χ0n) is 17.7. The summed E-state index contributed by atoms with van der Waals surface area (Å²) in [5.74, 6) is 0. The van der Waals surface area contributed by atoms with Crippen LogP contribution in [0.25, 0.3) is 54.6 Å². The molecule has 0 heteroatoms. The average molecular weight is 394 g/mol. The number of fused-ring (bicyclic) bond motifs is 3. The van der Waals surface area contributed by atoms with Crippen LogP contribution in [0.2, 0.25) is 0 Å². The minimum absolute atomic E-state index is 0.0117. The molecule has 0 saturated heterocycles. The summed E-state index contributed by atoms with van der Waals surface area (Å²) < 4.78 is 0. The first kappa shape index (κ1) is 17.1. The van der Waals surface area contributed by atoms with Crippen molar-refractivity contribution in [2.75, 3.05) is 0 Å². The molecule has 0 amide bonds. The van der Waals surface area contributed by atoms with Crippen molar-refractivity contribution < 1.29 is 0 Å². The molecule has 6 aromatic carbocycles. The number of benzene rings is 6. The van der Waals surface area contributed by atoms with Crippen LogP contribution in [0.4, 0.5) is 0 Å². The summed E-state index contributed by atoms with van der Waals surface area (Å²) >= 11 is 0. The standard InChI is InChI=1S/C31H21/c1-31(2)27-9-4-3-8-24(27)25-16-14-22(18-28(25)31)23-15-12-21-11-10-19-6-5-7-20-13-17-26(23)30(21)29(19)20/h3,5-18H,1-2H3. The zero-order valence-corrected chi connectivity index (χ0v) is 17.7. The lowest BCUT2D eigenvalue weighted by Gasteiger charge is -2.22. The van der Waals surface area contributed by atoms with Gasteiger partial charge in [0.25, 0.3) is 0 Å². The Morgan fingerprint density at radius 1 is 0.613 bits per heavy atom. The van der Waals surface area contributed by atoms with E-state index in [-0.39, 0.29) is 5.41 Å². The Morgan fingerprint density at radius 3 is 2.13 bits per heavy atom. The van der Waals surface area contributed by atoms with E-state index in [1.54, 1.807) is 0 Å². The molecule has 0 unspecified atom stereocenters. The smallest absolute Gasteiger partial charge is 0.0159 e. The Labute approximate surface area is 182 Å². The zero-order chi connectivity index (χ0) is 20.7. The summed E-state index contributed by atoms with van der Waals surface area (Å²) in [6.45, 7) is 4.67. The van der Waals surface area contributed by atoms with Crippen molar-refractivity contribution in [1.82, 2.24) is 0 Å². The third-order valence-corrected chi connectivity index (χ3v) is 7.36. The first-order valence-corrected chi connectivity index (χ1v) is 11.0. The van der Waals surface area contributed by atoms with E-state index in [0.29, 0.717) is 0 Å². The maximum atomic E-state index is 3.28. The summed E-state index contributed by atoms with van der Waals surface area (Å²) in [7, 11) is 0. The molecule has 0 N–H and O–H groups in total. The van der Waals surface area contributed by atoms with Crippen molar-refractivity contribution in [2.45, 2.75) is 19.3 Å². The van der Waals surface area contributed by atoms with E-state index in [1.807, 2.05) is 6.07 Å². The molecule has 31 heavy (non-hydrogen) atoms. The van der Waals surface area contributed by atoms with Gasteiger partial charge in [-0.05, 0) is 83.9 Å². The van der Waals surface area contributed by atoms with Crippen LogP contribution < -0.4 is 0 Å². The molecule has 0 saturated carbocycles. The maximum Gasteiger partial charge on any atom is 0.0159 e. The van der Waals surface area contributed by atoms with Gasteiger partial charge in [-0.25, -0.2) is 0 Å². The van der Waals surface area contributed by atoms with Crippen LogP contribution in [0.5, 0.6) is 0 Å². The molecule has 0 atom stereocenters. The second kappa shape index (κ2) is 5.74. The minimum Gasteiger partial charge on any atom is -0.0610 e. The fourth-order valence-corrected chi connectivity index (χ4v) is 5.78. The molecule has 1 aliphatic rings. The average Bonchev–Trinajstić information content (AvgIpc) is 3.04. The van der Waals surface area contributed by atoms with Crippen LogP contribution in [0.1, 0.15) is 25.0 Å². The highest BCUT2D eigenvalue weighted by Crippen LogP contribution is 2.50. The summed E-state index contributed by atoms with van der Waals surface area (Å²) in [6, 6.07) is 37.0. The summed E-state index contributed by atoms with van der Waals surface area (Å²) in [6.07, 6.45) is 0. The molecule has 0 aromatic heterocycles. The normalized spacial score (nSPS) is 14.4. The maximum absolute atomic E-state index is 3.28. The van der Waals surface area contributed by atoms with E-state index in [9.17, 15) is 0 Å². The van der Waals surface area contributed by atoms with Crippen LogP contribution in [0.15, 0.2) is 91.0 Å². The highest BCUT2D eigenvalue weighted by atomic mass is 14.4. The van der Waals surface area contributed by atoms with Gasteiger partial charge < -0.3 is 0 Å². The largest absolute Gasteiger partial charge is 0.0610 e. The van der Waals surface area contributed by atoms with Gasteiger partial charge in [0.1, 0.15) is 0 Å². The summed E-state index contributed by atoms with van der Waals surface area (Å²) in [5, 5.41) is 8.04. The lowest BCUT2D eigenvalue weighted by Crippen LogP contribution is -2.14. The fraction of sp³-hybridized carbons (Fsp3) is 0.0968. The van der Waals surface area contributed by atoms with Crippen molar-refractivity contribution >= 4 is 32.3 Å². The van der Waals surface area contributed by atoms with Crippen LogP contribution >= 0.6 is 0 Å². The molecule has 7 rings (SSSR count). The van der Waals surface area contributed by atoms with Crippen LogP contribution in [-0.2, 0) is 5.41 Å². The summed E-state index contributed by atoms with van der Waals surface area (Å²) in [5.41, 5.74) is 8.08. The minimum atomic E-state index is -0.0117. The second-order valence-corrected chi connectivity index (χ2v) is 9.33. The van der Waals surface area contributed by atoms with Crippen molar-refractivity contribution in [3.05, 3.63) is 108 Å². The van der Waals surface area contributed by atoms with Gasteiger partial charge in [0, 0.05) is 5.41 Å². The first-order chi connectivity index (χ1) is 15.1. The third-order valence-electron chi connectivity index (χ3n) is 7.36. The number of rotatable bonds is 1. The highest BCUT2D eigenvalue weighted by Gasteiger charge is 2.35. The predicted molar refractivity (Wildman–Crippen MR) is 132 cm³/mol. The van der Waals surface area contributed by atoms with Gasteiger partial charge in [-0.3, -0.25) is 0 Å². The SMILES string of the molecule is CC1(C)c2c[c]ccc2-c2ccc(-c3ccc4ccc5cccc6ccc3c4c56)cc21. The topological polar surface area (TPSA) is 0 Å². The Hall–Kier alpha value is -3.64. The van der Waals surface area contributed by atoms with E-state index < -0.39 is 0 Å². The Bertz CT molecular complexity index is 1630. The molecule has 1 aliphatic carbocycles. The number of hydrogen-bond acceptors (Lipinski definition) is 0. The van der Waals surface area contributed by atoms with Crippen LogP contribution in [0.3, 0.4) is 0 Å². The van der Waals surface area contributed by atoms with E-state index in [2.05, 4.69) is 105 Å². The van der Waals surface area contributed by atoms with Gasteiger partial charge in [0.05, 0.1) is 0 Å². The van der Waals surface area contributed by atoms with E-state index >= 15 is 0 Å². The van der Waals surface area contributed by atoms with E-state index in [4.69, 9.17) is 0 Å². The van der Waals surface area contributed by atoms with Crippen molar-refractivity contribution in [1.29, 1.82) is 0 Å². The molecular formula is C31H21. The van der Waals surface area contributed by atoms with Gasteiger partial charge in [-0.15, -0.1) is 0 Å². The lowest BCUT2D eigenvalue weighted by atomic mass is 9.81. The molecule has 0 aliphatic heterocycles. The second-order valence-electron chi connectivity index (χ2n) is 9.33. The molecule has 145 valence electrons. The molecule has 0 fully saturated rings. The fourth-order valence-electron chi connectivity index (χ4n) is 5.78. The predicted octanol–water partition coefficient (Wildman–Crippen LogP) is 8.36. The Balaban J connectivity index is 1.53. The van der Waals surface area contributed by atoms with Gasteiger partial charge in [0.15, 0.2) is 0 Å². The van der Waals surface area contributed by atoms with Gasteiger partial charge in [0.2, 0.25) is 0 Å². The van der Waals surface area contributed by atoms with Crippen LogP contribution in [0, 0.1) is 6.07 Å². The van der Waals surface area contributed by atoms with Crippen molar-refractivity contribution in [3.63, 3.8) is 0 Å². The molecular weight excluding hydrogens is 372 g/mol. The Morgan fingerprint density at radius 2 is 1.29 bits per heavy atom. The van der Waals surface area contributed by atoms with E-state index in [1.165, 1.54) is 65.7 Å². The number of hydrogen-bond donors (Lipinski definition) is 0. The van der Waals surface area contributed by atoms with Crippen molar-refractivity contribution in [2.24, 2.45) is 0 Å². The monoisotopic (exact) mass is 393 g/mol. The van der Waals surface area contributed by atoms with Gasteiger partial charge >= 0.3 is 0 Å². The lowest BCUT2D eigenvalue weighted by molar-refractivity contribution is 0.660. The molecule has 0 bridgehead atoms. The molecule has 1 radical (unpaired) electrons. The summed E-state index contributed by atoms with van der Waals surface area (Å²) in [4.78, 5) is 0. The highest BCUT2D eigenvalue weighted by molar-refractivity contribution is 6.25. The van der Waals surface area contributed by atoms with Gasteiger partial charge in [-0.2, -0.15) is 0 Å². The molecule has 0 heterocycles. The van der Waals surface area contributed by atoms with Gasteiger partial charge in [-0.1, -0.05) is 92.7 Å². The Kier molecular flexibility index (Phi) is 3.16. The third kappa shape index (κ3) is 2.15. The molecule has 0 nitrogen and oxygen atoms in total.